The molecular weight excluding hydrogens is 434 g/mol. The highest BCUT2D eigenvalue weighted by Gasteiger charge is 2.23. The minimum Gasteiger partial charge on any atom is -0.492 e. The predicted molar refractivity (Wildman–Crippen MR) is 113 cm³/mol. The monoisotopic (exact) mass is 458 g/mol. The fourth-order valence-electron chi connectivity index (χ4n) is 2.66. The second-order valence-corrected chi connectivity index (χ2v) is 9.08. The van der Waals surface area contributed by atoms with Crippen LogP contribution in [0, 0.1) is 11.6 Å². The normalized spacial score (nSPS) is 11.5. The van der Waals surface area contributed by atoms with Gasteiger partial charge in [0.25, 0.3) is 0 Å². The molecule has 2 rings (SSSR count). The molecule has 0 aliphatic rings. The molecule has 0 spiro atoms. The Balaban J connectivity index is 2.21. The first-order valence-corrected chi connectivity index (χ1v) is 11.8. The smallest absolute Gasteiger partial charge is 0.243 e. The lowest BCUT2D eigenvalue weighted by Crippen LogP contribution is -2.30. The highest BCUT2D eigenvalue weighted by Crippen LogP contribution is 2.30. The molecule has 1 N–H and O–H groups in total. The highest BCUT2D eigenvalue weighted by molar-refractivity contribution is 8.00. The van der Waals surface area contributed by atoms with E-state index in [-0.39, 0.29) is 16.3 Å². The fourth-order valence-corrected chi connectivity index (χ4v) is 4.87. The summed E-state index contributed by atoms with van der Waals surface area (Å²) in [7, 11) is -3.71. The molecule has 0 heterocycles. The van der Waals surface area contributed by atoms with Gasteiger partial charge in [-0.1, -0.05) is 13.8 Å². The van der Waals surface area contributed by atoms with Crippen molar-refractivity contribution >= 4 is 33.4 Å². The fraction of sp³-hybridized carbons (Fsp3) is 0.350. The van der Waals surface area contributed by atoms with Crippen LogP contribution in [0.5, 0.6) is 5.75 Å². The number of rotatable bonds is 10. The zero-order valence-corrected chi connectivity index (χ0v) is 18.6. The topological polar surface area (TPSA) is 75.7 Å². The summed E-state index contributed by atoms with van der Waals surface area (Å²) in [6, 6.07) is 7.67. The number of carbonyl (C=O) groups excluding carboxylic acids is 1. The lowest BCUT2D eigenvalue weighted by Gasteiger charge is -2.20. The molecule has 2 aromatic carbocycles. The molecule has 164 valence electrons. The molecule has 0 saturated heterocycles. The zero-order valence-electron chi connectivity index (χ0n) is 16.9. The van der Waals surface area contributed by atoms with Crippen molar-refractivity contribution in [3.05, 3.63) is 48.0 Å². The zero-order chi connectivity index (χ0) is 22.3. The molecule has 0 radical (unpaired) electrons. The number of hydrogen-bond acceptors (Lipinski definition) is 5. The van der Waals surface area contributed by atoms with Gasteiger partial charge in [-0.2, -0.15) is 4.31 Å². The van der Waals surface area contributed by atoms with Gasteiger partial charge in [-0.3, -0.25) is 4.79 Å². The van der Waals surface area contributed by atoms with Gasteiger partial charge in [0.1, 0.15) is 5.75 Å². The maximum atomic E-state index is 13.3. The van der Waals surface area contributed by atoms with Gasteiger partial charge in [0.15, 0.2) is 11.6 Å². The van der Waals surface area contributed by atoms with Gasteiger partial charge in [-0.05, 0) is 43.3 Å². The van der Waals surface area contributed by atoms with E-state index in [9.17, 15) is 22.0 Å². The van der Waals surface area contributed by atoms with Gasteiger partial charge in [0.05, 0.1) is 22.9 Å². The summed E-state index contributed by atoms with van der Waals surface area (Å²) in [5.74, 6) is -2.14. The molecule has 0 aliphatic carbocycles. The Morgan fingerprint density at radius 2 is 1.77 bits per heavy atom. The first kappa shape index (κ1) is 24.1. The number of nitrogens with one attached hydrogen (secondary N) is 1. The van der Waals surface area contributed by atoms with Crippen LogP contribution in [0.3, 0.4) is 0 Å². The maximum absolute atomic E-state index is 13.3. The van der Waals surface area contributed by atoms with Gasteiger partial charge in [-0.25, -0.2) is 17.2 Å². The second-order valence-electron chi connectivity index (χ2n) is 6.09. The van der Waals surface area contributed by atoms with Crippen molar-refractivity contribution in [2.45, 2.75) is 30.6 Å². The number of ether oxygens (including phenoxy) is 1. The summed E-state index contributed by atoms with van der Waals surface area (Å²) in [6.07, 6.45) is 0. The molecule has 10 heteroatoms. The van der Waals surface area contributed by atoms with Crippen LogP contribution >= 0.6 is 11.8 Å². The van der Waals surface area contributed by atoms with Crippen LogP contribution in [0.1, 0.15) is 20.8 Å². The Kier molecular flexibility index (Phi) is 8.63. The quantitative estimate of drug-likeness (QED) is 0.542. The lowest BCUT2D eigenvalue weighted by atomic mass is 10.3. The van der Waals surface area contributed by atoms with E-state index in [0.717, 1.165) is 23.9 Å². The Bertz CT molecular complexity index is 996. The summed E-state index contributed by atoms with van der Waals surface area (Å²) in [6.45, 7) is 6.22. The Morgan fingerprint density at radius 3 is 2.37 bits per heavy atom. The number of thioether (sulfide) groups is 1. The Labute approximate surface area is 179 Å². The molecule has 0 aromatic heterocycles. The summed E-state index contributed by atoms with van der Waals surface area (Å²) in [4.78, 5) is 12.8. The van der Waals surface area contributed by atoms with Crippen molar-refractivity contribution in [3.8, 4) is 5.75 Å². The summed E-state index contributed by atoms with van der Waals surface area (Å²) in [5, 5.41) is 2.64. The summed E-state index contributed by atoms with van der Waals surface area (Å²) >= 11 is 1.03. The van der Waals surface area contributed by atoms with E-state index in [1.165, 1.54) is 28.6 Å². The second kappa shape index (κ2) is 10.7. The van der Waals surface area contributed by atoms with E-state index in [1.54, 1.807) is 20.8 Å². The van der Waals surface area contributed by atoms with Gasteiger partial charge >= 0.3 is 0 Å². The maximum Gasteiger partial charge on any atom is 0.243 e. The molecule has 0 aliphatic heterocycles. The standard InChI is InChI=1S/C20H24F2N2O4S2/c1-4-24(5-2)30(26,27)15-8-10-19(28-6-3)18(12-15)23-20(25)13-29-14-7-9-16(21)17(22)11-14/h7-12H,4-6,13H2,1-3H3,(H,23,25). The molecule has 30 heavy (non-hydrogen) atoms. The number of anilines is 1. The molecule has 0 fully saturated rings. The number of hydrogen-bond donors (Lipinski definition) is 1. The van der Waals surface area contributed by atoms with Crippen LogP contribution in [-0.2, 0) is 14.8 Å². The summed E-state index contributed by atoms with van der Waals surface area (Å²) in [5.41, 5.74) is 0.223. The molecule has 0 bridgehead atoms. The SMILES string of the molecule is CCOc1ccc(S(=O)(=O)N(CC)CC)cc1NC(=O)CSc1ccc(F)c(F)c1. The lowest BCUT2D eigenvalue weighted by molar-refractivity contribution is -0.113. The Hall–Kier alpha value is -2.17. The van der Waals surface area contributed by atoms with Crippen LogP contribution in [0.2, 0.25) is 0 Å². The van der Waals surface area contributed by atoms with Crippen molar-refractivity contribution in [3.63, 3.8) is 0 Å². The van der Waals surface area contributed by atoms with Crippen molar-refractivity contribution < 1.29 is 26.7 Å². The van der Waals surface area contributed by atoms with Gasteiger partial charge < -0.3 is 10.1 Å². The van der Waals surface area contributed by atoms with Crippen LogP contribution in [0.4, 0.5) is 14.5 Å². The third-order valence-corrected chi connectivity index (χ3v) is 7.17. The van der Waals surface area contributed by atoms with Gasteiger partial charge in [0, 0.05) is 18.0 Å². The van der Waals surface area contributed by atoms with Crippen molar-refractivity contribution in [1.29, 1.82) is 0 Å². The number of carbonyl (C=O) groups is 1. The molecule has 2 aromatic rings. The van der Waals surface area contributed by atoms with Gasteiger partial charge in [-0.15, -0.1) is 11.8 Å². The van der Waals surface area contributed by atoms with Crippen LogP contribution in [-0.4, -0.2) is 44.1 Å². The van der Waals surface area contributed by atoms with Crippen molar-refractivity contribution in [2.75, 3.05) is 30.8 Å². The van der Waals surface area contributed by atoms with E-state index in [4.69, 9.17) is 4.74 Å². The molecule has 0 atom stereocenters. The number of nitrogens with zero attached hydrogens (tertiary/aromatic N) is 1. The predicted octanol–water partition coefficient (Wildman–Crippen LogP) is 4.12. The Morgan fingerprint density at radius 1 is 1.07 bits per heavy atom. The van der Waals surface area contributed by atoms with Crippen LogP contribution in [0.25, 0.3) is 0 Å². The molecular formula is C20H24F2N2O4S2. The molecule has 6 nitrogen and oxygen atoms in total. The van der Waals surface area contributed by atoms with E-state index in [0.29, 0.717) is 30.3 Å². The van der Waals surface area contributed by atoms with Crippen LogP contribution < -0.4 is 10.1 Å². The first-order valence-electron chi connectivity index (χ1n) is 9.37. The van der Waals surface area contributed by atoms with E-state index in [1.807, 2.05) is 0 Å². The van der Waals surface area contributed by atoms with Crippen molar-refractivity contribution in [1.82, 2.24) is 4.31 Å². The molecule has 0 unspecified atom stereocenters. The summed E-state index contributed by atoms with van der Waals surface area (Å²) < 4.78 is 58.7. The average Bonchev–Trinajstić information content (AvgIpc) is 2.71. The number of benzene rings is 2. The van der Waals surface area contributed by atoms with Crippen molar-refractivity contribution in [2.24, 2.45) is 0 Å². The van der Waals surface area contributed by atoms with E-state index in [2.05, 4.69) is 5.32 Å². The minimum absolute atomic E-state index is 0.0400. The van der Waals surface area contributed by atoms with Gasteiger partial charge in [0.2, 0.25) is 15.9 Å². The third-order valence-electron chi connectivity index (χ3n) is 4.13. The largest absolute Gasteiger partial charge is 0.492 e. The average molecular weight is 459 g/mol. The van der Waals surface area contributed by atoms with Crippen LogP contribution in [0.15, 0.2) is 46.2 Å². The van der Waals surface area contributed by atoms with E-state index < -0.39 is 27.6 Å². The highest BCUT2D eigenvalue weighted by atomic mass is 32.2. The van der Waals surface area contributed by atoms with E-state index >= 15 is 0 Å². The molecule has 1 amide bonds. The number of amides is 1. The minimum atomic E-state index is -3.71. The number of halogens is 2. The first-order chi connectivity index (χ1) is 14.2. The number of sulfonamides is 1. The molecule has 0 saturated carbocycles. The third kappa shape index (κ3) is 5.93.